The van der Waals surface area contributed by atoms with E-state index in [2.05, 4.69) is 38.9 Å². The quantitative estimate of drug-likeness (QED) is 0.514. The summed E-state index contributed by atoms with van der Waals surface area (Å²) >= 11 is 2.29. The lowest BCUT2D eigenvalue weighted by molar-refractivity contribution is 0.0471. The van der Waals surface area contributed by atoms with Gasteiger partial charge in [0.25, 0.3) is 0 Å². The number of rotatable bonds is 6. The van der Waals surface area contributed by atoms with Crippen molar-refractivity contribution in [3.05, 3.63) is 27.8 Å². The average Bonchev–Trinajstić information content (AvgIpc) is 2.50. The molecule has 5 nitrogen and oxygen atoms in total. The van der Waals surface area contributed by atoms with E-state index in [0.717, 1.165) is 44.6 Å². The summed E-state index contributed by atoms with van der Waals surface area (Å²) in [6.07, 6.45) is 2.76. The van der Waals surface area contributed by atoms with E-state index in [1.165, 1.54) is 3.57 Å². The molecule has 2 rings (SSSR count). The Bertz CT molecular complexity index is 560. The SMILES string of the molecule is CC(C)(C)OC(=O)NC1CCCN(CCCOc2cccc(I)c2)C1. The third-order valence-electron chi connectivity index (χ3n) is 3.91. The minimum Gasteiger partial charge on any atom is -0.494 e. The lowest BCUT2D eigenvalue weighted by Crippen LogP contribution is -2.49. The lowest BCUT2D eigenvalue weighted by Gasteiger charge is -2.33. The Kier molecular flexibility index (Phi) is 7.81. The summed E-state index contributed by atoms with van der Waals surface area (Å²) in [4.78, 5) is 14.3. The van der Waals surface area contributed by atoms with Crippen LogP contribution in [0.4, 0.5) is 4.79 Å². The highest BCUT2D eigenvalue weighted by Crippen LogP contribution is 2.16. The molecule has 1 atom stereocenters. The number of carbonyl (C=O) groups is 1. The van der Waals surface area contributed by atoms with Crippen molar-refractivity contribution in [1.29, 1.82) is 0 Å². The monoisotopic (exact) mass is 460 g/mol. The molecule has 1 aliphatic rings. The zero-order chi connectivity index (χ0) is 18.3. The fourth-order valence-electron chi connectivity index (χ4n) is 2.89. The summed E-state index contributed by atoms with van der Waals surface area (Å²) < 4.78 is 12.3. The number of halogens is 1. The van der Waals surface area contributed by atoms with Gasteiger partial charge in [-0.05, 0) is 87.4 Å². The summed E-state index contributed by atoms with van der Waals surface area (Å²) in [5.41, 5.74) is -0.453. The highest BCUT2D eigenvalue weighted by atomic mass is 127. The molecule has 1 heterocycles. The summed E-state index contributed by atoms with van der Waals surface area (Å²) in [7, 11) is 0. The van der Waals surface area contributed by atoms with Gasteiger partial charge in [-0.2, -0.15) is 0 Å². The van der Waals surface area contributed by atoms with Crippen LogP contribution < -0.4 is 10.1 Å². The number of benzene rings is 1. The minimum absolute atomic E-state index is 0.167. The molecule has 1 fully saturated rings. The summed E-state index contributed by atoms with van der Waals surface area (Å²) in [5.74, 6) is 0.926. The van der Waals surface area contributed by atoms with E-state index >= 15 is 0 Å². The molecule has 1 aromatic rings. The van der Waals surface area contributed by atoms with Crippen LogP contribution in [0.25, 0.3) is 0 Å². The van der Waals surface area contributed by atoms with Crippen LogP contribution in [0.2, 0.25) is 0 Å². The van der Waals surface area contributed by atoms with E-state index in [0.29, 0.717) is 6.61 Å². The second kappa shape index (κ2) is 9.62. The van der Waals surface area contributed by atoms with Crippen LogP contribution in [0, 0.1) is 3.57 Å². The first-order valence-electron chi connectivity index (χ1n) is 8.92. The zero-order valence-corrected chi connectivity index (χ0v) is 17.5. The van der Waals surface area contributed by atoms with Gasteiger partial charge in [0.05, 0.1) is 6.61 Å². The molecule has 0 spiro atoms. The number of alkyl carbamates (subject to hydrolysis) is 1. The molecule has 140 valence electrons. The Morgan fingerprint density at radius 3 is 2.92 bits per heavy atom. The maximum Gasteiger partial charge on any atom is 0.407 e. The molecule has 25 heavy (non-hydrogen) atoms. The maximum absolute atomic E-state index is 11.9. The van der Waals surface area contributed by atoms with Gasteiger partial charge in [-0.3, -0.25) is 0 Å². The maximum atomic E-state index is 11.9. The summed E-state index contributed by atoms with van der Waals surface area (Å²) in [6.45, 7) is 9.30. The molecule has 0 bridgehead atoms. The van der Waals surface area contributed by atoms with Gasteiger partial charge in [-0.15, -0.1) is 0 Å². The molecule has 0 radical (unpaired) electrons. The minimum atomic E-state index is -0.453. The molecular formula is C19H29IN2O3. The number of ether oxygens (including phenoxy) is 2. The van der Waals surface area contributed by atoms with Crippen LogP contribution in [0.5, 0.6) is 5.75 Å². The summed E-state index contributed by atoms with van der Waals surface area (Å²) in [5, 5.41) is 2.99. The van der Waals surface area contributed by atoms with E-state index in [-0.39, 0.29) is 12.1 Å². The first-order valence-corrected chi connectivity index (χ1v) is 10.00. The topological polar surface area (TPSA) is 50.8 Å². The number of likely N-dealkylation sites (tertiary alicyclic amines) is 1. The van der Waals surface area contributed by atoms with Crippen LogP contribution in [0.3, 0.4) is 0 Å². The fraction of sp³-hybridized carbons (Fsp3) is 0.632. The van der Waals surface area contributed by atoms with E-state index in [4.69, 9.17) is 9.47 Å². The second-order valence-electron chi connectivity index (χ2n) is 7.45. The highest BCUT2D eigenvalue weighted by molar-refractivity contribution is 14.1. The number of carbonyl (C=O) groups excluding carboxylic acids is 1. The largest absolute Gasteiger partial charge is 0.494 e. The normalized spacial score (nSPS) is 18.6. The molecule has 0 saturated carbocycles. The number of piperidine rings is 1. The Morgan fingerprint density at radius 2 is 2.20 bits per heavy atom. The third-order valence-corrected chi connectivity index (χ3v) is 4.58. The standard InChI is InChI=1S/C19H29IN2O3/c1-19(2,3)25-18(23)21-16-8-5-10-22(14-16)11-6-12-24-17-9-4-7-15(20)13-17/h4,7,9,13,16H,5-6,8,10-12,14H2,1-3H3,(H,21,23). The second-order valence-corrected chi connectivity index (χ2v) is 8.69. The van der Waals surface area contributed by atoms with Crippen LogP contribution in [0.15, 0.2) is 24.3 Å². The molecule has 1 N–H and O–H groups in total. The molecule has 1 aromatic carbocycles. The van der Waals surface area contributed by atoms with Gasteiger partial charge in [0.1, 0.15) is 11.4 Å². The predicted molar refractivity (Wildman–Crippen MR) is 108 cm³/mol. The van der Waals surface area contributed by atoms with Crippen molar-refractivity contribution < 1.29 is 14.3 Å². The number of nitrogens with zero attached hydrogens (tertiary/aromatic N) is 1. The zero-order valence-electron chi connectivity index (χ0n) is 15.4. The van der Waals surface area contributed by atoms with E-state index in [1.807, 2.05) is 39.0 Å². The molecule has 1 unspecified atom stereocenters. The van der Waals surface area contributed by atoms with Crippen molar-refractivity contribution in [2.75, 3.05) is 26.2 Å². The predicted octanol–water partition coefficient (Wildman–Crippen LogP) is 4.05. The van der Waals surface area contributed by atoms with Gasteiger partial charge in [0.2, 0.25) is 0 Å². The van der Waals surface area contributed by atoms with E-state index in [9.17, 15) is 4.79 Å². The number of amides is 1. The van der Waals surface area contributed by atoms with Gasteiger partial charge in [-0.1, -0.05) is 6.07 Å². The molecule has 6 heteroatoms. The molecule has 1 aliphatic heterocycles. The fourth-order valence-corrected chi connectivity index (χ4v) is 3.40. The summed E-state index contributed by atoms with van der Waals surface area (Å²) in [6, 6.07) is 8.26. The average molecular weight is 460 g/mol. The van der Waals surface area contributed by atoms with Gasteiger partial charge in [-0.25, -0.2) is 4.79 Å². The van der Waals surface area contributed by atoms with Gasteiger partial charge < -0.3 is 19.7 Å². The van der Waals surface area contributed by atoms with Gasteiger partial charge in [0.15, 0.2) is 0 Å². The molecule has 0 aliphatic carbocycles. The van der Waals surface area contributed by atoms with Crippen molar-refractivity contribution >= 4 is 28.7 Å². The number of hydrogen-bond acceptors (Lipinski definition) is 4. The van der Waals surface area contributed by atoms with Crippen molar-refractivity contribution in [2.24, 2.45) is 0 Å². The van der Waals surface area contributed by atoms with E-state index in [1.54, 1.807) is 0 Å². The Hall–Kier alpha value is -1.02. The molecule has 1 saturated heterocycles. The number of hydrogen-bond donors (Lipinski definition) is 1. The number of nitrogens with one attached hydrogen (secondary N) is 1. The Morgan fingerprint density at radius 1 is 1.40 bits per heavy atom. The Labute approximate surface area is 164 Å². The van der Waals surface area contributed by atoms with Crippen LogP contribution in [-0.2, 0) is 4.74 Å². The molecule has 0 aromatic heterocycles. The van der Waals surface area contributed by atoms with Crippen molar-refractivity contribution in [2.45, 2.75) is 51.7 Å². The first-order chi connectivity index (χ1) is 11.8. The molecule has 1 amide bonds. The van der Waals surface area contributed by atoms with Crippen molar-refractivity contribution in [3.8, 4) is 5.75 Å². The van der Waals surface area contributed by atoms with Crippen molar-refractivity contribution in [1.82, 2.24) is 10.2 Å². The highest BCUT2D eigenvalue weighted by Gasteiger charge is 2.23. The first kappa shape index (κ1) is 20.3. The van der Waals surface area contributed by atoms with Gasteiger partial charge >= 0.3 is 6.09 Å². The van der Waals surface area contributed by atoms with E-state index < -0.39 is 5.60 Å². The van der Waals surface area contributed by atoms with Crippen molar-refractivity contribution in [3.63, 3.8) is 0 Å². The molecular weight excluding hydrogens is 431 g/mol. The Balaban J connectivity index is 1.66. The van der Waals surface area contributed by atoms with Crippen LogP contribution in [-0.4, -0.2) is 48.9 Å². The smallest absolute Gasteiger partial charge is 0.407 e. The lowest BCUT2D eigenvalue weighted by atomic mass is 10.1. The van der Waals surface area contributed by atoms with Gasteiger partial charge in [0, 0.05) is 22.7 Å². The third kappa shape index (κ3) is 8.27. The van der Waals surface area contributed by atoms with Crippen LogP contribution in [0.1, 0.15) is 40.0 Å². The van der Waals surface area contributed by atoms with Crippen LogP contribution >= 0.6 is 22.6 Å².